The van der Waals surface area contributed by atoms with Crippen LogP contribution in [0.15, 0.2) is 12.3 Å². The van der Waals surface area contributed by atoms with Gasteiger partial charge >= 0.3 is 0 Å². The van der Waals surface area contributed by atoms with Gasteiger partial charge in [0.2, 0.25) is 0 Å². The van der Waals surface area contributed by atoms with Crippen LogP contribution in [-0.2, 0) is 25.3 Å². The van der Waals surface area contributed by atoms with Crippen molar-refractivity contribution < 1.29 is 0 Å². The van der Waals surface area contributed by atoms with E-state index in [1.807, 2.05) is 17.9 Å². The molecule has 0 spiro atoms. The molecular formula is C21H29N7. The number of hydrogen-bond acceptors (Lipinski definition) is 5. The summed E-state index contributed by atoms with van der Waals surface area (Å²) in [6.07, 6.45) is 9.57. The Hall–Kier alpha value is -2.57. The number of H-pyrrole nitrogens is 1. The smallest absolute Gasteiger partial charge is 0.181 e. The van der Waals surface area contributed by atoms with Gasteiger partial charge in [-0.15, -0.1) is 5.10 Å². The Bertz CT molecular complexity index is 952. The minimum Gasteiger partial charge on any atom is -0.268 e. The second kappa shape index (κ2) is 7.45. The number of aromatic amines is 1. The van der Waals surface area contributed by atoms with Crippen molar-refractivity contribution in [3.8, 4) is 22.6 Å². The van der Waals surface area contributed by atoms with E-state index in [0.29, 0.717) is 5.82 Å². The van der Waals surface area contributed by atoms with Crippen molar-refractivity contribution in [3.63, 3.8) is 0 Å². The van der Waals surface area contributed by atoms with E-state index in [1.165, 1.54) is 36.1 Å². The Balaban J connectivity index is 2.13. The minimum atomic E-state index is -0.0448. The molecule has 0 radical (unpaired) electrons. The van der Waals surface area contributed by atoms with Gasteiger partial charge in [-0.2, -0.15) is 5.10 Å². The number of nitrogens with one attached hydrogen (secondary N) is 1. The van der Waals surface area contributed by atoms with Crippen LogP contribution in [0.2, 0.25) is 0 Å². The first-order chi connectivity index (χ1) is 13.6. The number of hydrogen-bond donors (Lipinski definition) is 1. The zero-order valence-corrected chi connectivity index (χ0v) is 17.3. The molecule has 1 aliphatic rings. The summed E-state index contributed by atoms with van der Waals surface area (Å²) in [5, 5.41) is 19.5. The third kappa shape index (κ3) is 3.02. The van der Waals surface area contributed by atoms with Crippen LogP contribution < -0.4 is 0 Å². The van der Waals surface area contributed by atoms with Gasteiger partial charge in [-0.25, -0.2) is 5.10 Å². The van der Waals surface area contributed by atoms with E-state index in [-0.39, 0.29) is 5.41 Å². The molecule has 3 heterocycles. The summed E-state index contributed by atoms with van der Waals surface area (Å²) in [5.41, 5.74) is 6.99. The van der Waals surface area contributed by atoms with E-state index < -0.39 is 0 Å². The van der Waals surface area contributed by atoms with Crippen LogP contribution in [-0.4, -0.2) is 35.4 Å². The normalized spacial score (nSPS) is 14.7. The fourth-order valence-electron chi connectivity index (χ4n) is 4.34. The Morgan fingerprint density at radius 1 is 1.11 bits per heavy atom. The lowest BCUT2D eigenvalue weighted by molar-refractivity contribution is 0.425. The molecule has 3 aromatic rings. The molecule has 4 rings (SSSR count). The highest BCUT2D eigenvalue weighted by atomic mass is 15.5. The molecule has 0 aromatic carbocycles. The van der Waals surface area contributed by atoms with Gasteiger partial charge in [-0.3, -0.25) is 9.67 Å². The van der Waals surface area contributed by atoms with E-state index in [4.69, 9.17) is 4.98 Å². The first kappa shape index (κ1) is 18.8. The second-order valence-corrected chi connectivity index (χ2v) is 8.05. The van der Waals surface area contributed by atoms with Crippen LogP contribution in [0.3, 0.4) is 0 Å². The topological polar surface area (TPSA) is 85.2 Å². The Labute approximate surface area is 166 Å². The number of tetrazole rings is 1. The highest BCUT2D eigenvalue weighted by Crippen LogP contribution is 2.44. The molecule has 0 bridgehead atoms. The third-order valence-electron chi connectivity index (χ3n) is 6.52. The van der Waals surface area contributed by atoms with Crippen molar-refractivity contribution in [3.05, 3.63) is 29.2 Å². The van der Waals surface area contributed by atoms with Gasteiger partial charge in [0.15, 0.2) is 5.82 Å². The van der Waals surface area contributed by atoms with Gasteiger partial charge in [0.05, 0.1) is 17.0 Å². The lowest BCUT2D eigenvalue weighted by Gasteiger charge is -2.31. The summed E-state index contributed by atoms with van der Waals surface area (Å²) in [6.45, 7) is 6.78. The molecule has 148 valence electrons. The summed E-state index contributed by atoms with van der Waals surface area (Å²) in [4.78, 5) is 5.30. The molecule has 28 heavy (non-hydrogen) atoms. The number of pyridine rings is 1. The van der Waals surface area contributed by atoms with Crippen LogP contribution in [0, 0.1) is 0 Å². The van der Waals surface area contributed by atoms with E-state index in [2.05, 4.69) is 52.6 Å². The van der Waals surface area contributed by atoms with Crippen molar-refractivity contribution in [1.29, 1.82) is 0 Å². The lowest BCUT2D eigenvalue weighted by atomic mass is 9.76. The number of rotatable bonds is 5. The quantitative estimate of drug-likeness (QED) is 0.677. The van der Waals surface area contributed by atoms with Gasteiger partial charge in [0.1, 0.15) is 0 Å². The maximum atomic E-state index is 5.30. The van der Waals surface area contributed by atoms with Crippen molar-refractivity contribution in [2.24, 2.45) is 7.05 Å². The predicted octanol–water partition coefficient (Wildman–Crippen LogP) is 4.01. The Kier molecular flexibility index (Phi) is 5.00. The summed E-state index contributed by atoms with van der Waals surface area (Å²) < 4.78 is 1.95. The molecule has 0 unspecified atom stereocenters. The standard InChI is InChI=1S/C21H29N7/c1-5-21(3,6-2)19-18(20-24-26-27-25-20)17(16-12-13-22-28(16)4)14-10-8-7-9-11-15(14)23-19/h12-13H,5-11H2,1-4H3,(H,24,25,26,27). The van der Waals surface area contributed by atoms with Crippen LogP contribution >= 0.6 is 0 Å². The average Bonchev–Trinajstić information content (AvgIpc) is 3.33. The second-order valence-electron chi connectivity index (χ2n) is 8.05. The highest BCUT2D eigenvalue weighted by Gasteiger charge is 2.34. The Morgan fingerprint density at radius 2 is 1.89 bits per heavy atom. The summed E-state index contributed by atoms with van der Waals surface area (Å²) in [7, 11) is 2.00. The number of fused-ring (bicyclic) bond motifs is 1. The first-order valence-corrected chi connectivity index (χ1v) is 10.4. The summed E-state index contributed by atoms with van der Waals surface area (Å²) in [6, 6.07) is 2.09. The fourth-order valence-corrected chi connectivity index (χ4v) is 4.34. The molecule has 3 aromatic heterocycles. The number of nitrogens with zero attached hydrogens (tertiary/aromatic N) is 6. The van der Waals surface area contributed by atoms with Crippen LogP contribution in [0.1, 0.15) is 69.8 Å². The van der Waals surface area contributed by atoms with Gasteiger partial charge < -0.3 is 0 Å². The zero-order valence-electron chi connectivity index (χ0n) is 17.3. The SMILES string of the molecule is CCC(C)(CC)c1nc2c(c(-c3ccnn3C)c1-c1nnn[nH]1)CCCCC2. The maximum Gasteiger partial charge on any atom is 0.181 e. The van der Waals surface area contributed by atoms with Crippen molar-refractivity contribution >= 4 is 0 Å². The molecule has 0 amide bonds. The first-order valence-electron chi connectivity index (χ1n) is 10.4. The van der Waals surface area contributed by atoms with Crippen molar-refractivity contribution in [2.45, 2.75) is 71.1 Å². The van der Waals surface area contributed by atoms with Crippen molar-refractivity contribution in [1.82, 2.24) is 35.4 Å². The average molecular weight is 380 g/mol. The van der Waals surface area contributed by atoms with E-state index in [1.54, 1.807) is 0 Å². The molecule has 1 aliphatic carbocycles. The molecule has 0 atom stereocenters. The van der Waals surface area contributed by atoms with Gasteiger partial charge in [-0.05, 0) is 60.6 Å². The molecular weight excluding hydrogens is 350 g/mol. The molecule has 0 saturated carbocycles. The van der Waals surface area contributed by atoms with Crippen LogP contribution in [0.5, 0.6) is 0 Å². The highest BCUT2D eigenvalue weighted by molar-refractivity contribution is 5.84. The molecule has 0 fully saturated rings. The Morgan fingerprint density at radius 3 is 2.54 bits per heavy atom. The molecule has 7 heteroatoms. The van der Waals surface area contributed by atoms with Crippen LogP contribution in [0.25, 0.3) is 22.6 Å². The van der Waals surface area contributed by atoms with E-state index in [0.717, 1.165) is 42.6 Å². The lowest BCUT2D eigenvalue weighted by Crippen LogP contribution is -2.25. The predicted molar refractivity (Wildman–Crippen MR) is 109 cm³/mol. The minimum absolute atomic E-state index is 0.0448. The van der Waals surface area contributed by atoms with E-state index in [9.17, 15) is 0 Å². The summed E-state index contributed by atoms with van der Waals surface area (Å²) in [5.74, 6) is 0.693. The van der Waals surface area contributed by atoms with E-state index >= 15 is 0 Å². The fraction of sp³-hybridized carbons (Fsp3) is 0.571. The largest absolute Gasteiger partial charge is 0.268 e. The van der Waals surface area contributed by atoms with Gasteiger partial charge in [-0.1, -0.05) is 27.2 Å². The molecule has 7 nitrogen and oxygen atoms in total. The van der Waals surface area contributed by atoms with Gasteiger partial charge in [0, 0.05) is 29.9 Å². The number of aromatic nitrogens is 7. The molecule has 0 aliphatic heterocycles. The third-order valence-corrected chi connectivity index (χ3v) is 6.52. The molecule has 0 saturated heterocycles. The molecule has 1 N–H and O–H groups in total. The summed E-state index contributed by atoms with van der Waals surface area (Å²) >= 11 is 0. The van der Waals surface area contributed by atoms with Gasteiger partial charge in [0.25, 0.3) is 0 Å². The van der Waals surface area contributed by atoms with Crippen molar-refractivity contribution in [2.75, 3.05) is 0 Å². The van der Waals surface area contributed by atoms with Crippen LogP contribution in [0.4, 0.5) is 0 Å². The zero-order chi connectivity index (χ0) is 19.7. The monoisotopic (exact) mass is 379 g/mol. The number of aryl methyl sites for hydroxylation is 2. The maximum absolute atomic E-state index is 5.30.